The van der Waals surface area contributed by atoms with Gasteiger partial charge >= 0.3 is 0 Å². The minimum Gasteiger partial charge on any atom is -0.339 e. The number of nitrogens with one attached hydrogen (secondary N) is 1. The zero-order chi connectivity index (χ0) is 18.4. The molecule has 1 N–H and O–H groups in total. The van der Waals surface area contributed by atoms with E-state index < -0.39 is 15.8 Å². The average molecular weight is 370 g/mol. The number of pyridine rings is 1. The molecule has 0 radical (unpaired) electrons. The molecule has 1 aromatic heterocycles. The second-order valence-electron chi connectivity index (χ2n) is 6.73. The summed E-state index contributed by atoms with van der Waals surface area (Å²) in [6.07, 6.45) is 3.66. The van der Waals surface area contributed by atoms with Gasteiger partial charge in [-0.2, -0.15) is 13.7 Å². The predicted molar refractivity (Wildman–Crippen MR) is 94.9 cm³/mol. The summed E-state index contributed by atoms with van der Waals surface area (Å²) in [7, 11) is -3.93. The lowest BCUT2D eigenvalue weighted by Crippen LogP contribution is -2.55. The first kappa shape index (κ1) is 17.0. The maximum absolute atomic E-state index is 12.8. The molecule has 2 atom stereocenters. The van der Waals surface area contributed by atoms with Gasteiger partial charge in [0.15, 0.2) is 5.72 Å². The summed E-state index contributed by atoms with van der Waals surface area (Å²) < 4.78 is 31.4. The van der Waals surface area contributed by atoms with E-state index in [0.717, 1.165) is 5.56 Å². The zero-order valence-electron chi connectivity index (χ0n) is 14.2. The number of anilines is 1. The Morgan fingerprint density at radius 3 is 2.81 bits per heavy atom. The highest BCUT2D eigenvalue weighted by Crippen LogP contribution is 2.41. The molecule has 0 spiro atoms. The number of fused-ring (bicyclic) bond motifs is 2. The highest BCUT2D eigenvalue weighted by molar-refractivity contribution is 7.86. The first-order valence-electron chi connectivity index (χ1n) is 8.30. The molecule has 1 aromatic carbocycles. The largest absolute Gasteiger partial charge is 0.339 e. The molecule has 2 saturated heterocycles. The Kier molecular flexibility index (Phi) is 3.95. The lowest BCUT2D eigenvalue weighted by molar-refractivity contribution is 0.105. The smallest absolute Gasteiger partial charge is 0.299 e. The Hall–Kier alpha value is -2.47. The highest BCUT2D eigenvalue weighted by atomic mass is 32.2. The Morgan fingerprint density at radius 1 is 1.35 bits per heavy atom. The first-order valence-corrected chi connectivity index (χ1v) is 9.71. The molecule has 0 unspecified atom stereocenters. The van der Waals surface area contributed by atoms with Gasteiger partial charge in [0.2, 0.25) is 0 Å². The fourth-order valence-corrected chi connectivity index (χ4v) is 4.79. The van der Waals surface area contributed by atoms with Crippen molar-refractivity contribution in [3.05, 3.63) is 53.9 Å². The van der Waals surface area contributed by atoms with Crippen molar-refractivity contribution in [1.82, 2.24) is 10.3 Å². The monoisotopic (exact) mass is 370 g/mol. The highest BCUT2D eigenvalue weighted by Gasteiger charge is 2.54. The van der Waals surface area contributed by atoms with Crippen LogP contribution in [-0.4, -0.2) is 38.3 Å². The normalized spacial score (nSPS) is 24.6. The van der Waals surface area contributed by atoms with E-state index >= 15 is 0 Å². The third kappa shape index (κ3) is 2.84. The molecule has 4 rings (SSSR count). The number of benzene rings is 1. The minimum absolute atomic E-state index is 0.133. The lowest BCUT2D eigenvalue weighted by Gasteiger charge is -2.39. The van der Waals surface area contributed by atoms with Crippen LogP contribution in [-0.2, 0) is 14.3 Å². The summed E-state index contributed by atoms with van der Waals surface area (Å²) in [5.74, 6) is 0. The standard InChI is InChI=1S/C18H18N4O3S/c1-13-2-4-17(5-3-13)26(23,24)25-18-7-15(21-12-18)11-22(18)16-6-14(8-19)9-20-10-16/h2-6,9-10,15,21H,7,11-12H2,1H3/t15-,18-/m0/s1. The van der Waals surface area contributed by atoms with Crippen LogP contribution in [0.2, 0.25) is 0 Å². The molecule has 0 amide bonds. The molecule has 3 heterocycles. The Bertz CT molecular complexity index is 984. The molecule has 8 heteroatoms. The predicted octanol–water partition coefficient (Wildman–Crippen LogP) is 1.55. The van der Waals surface area contributed by atoms with Crippen LogP contribution < -0.4 is 10.2 Å². The molecule has 2 aromatic rings. The molecule has 26 heavy (non-hydrogen) atoms. The average Bonchev–Trinajstić information content (AvgIpc) is 3.19. The summed E-state index contributed by atoms with van der Waals surface area (Å²) in [6.45, 7) is 2.88. The Morgan fingerprint density at radius 2 is 2.12 bits per heavy atom. The van der Waals surface area contributed by atoms with Gasteiger partial charge in [-0.05, 0) is 25.1 Å². The van der Waals surface area contributed by atoms with Crippen molar-refractivity contribution >= 4 is 15.8 Å². The van der Waals surface area contributed by atoms with Crippen LogP contribution in [0.1, 0.15) is 17.5 Å². The van der Waals surface area contributed by atoms with Gasteiger partial charge in [-0.15, -0.1) is 0 Å². The van der Waals surface area contributed by atoms with Gasteiger partial charge in [0.25, 0.3) is 10.1 Å². The number of rotatable bonds is 4. The molecule has 134 valence electrons. The van der Waals surface area contributed by atoms with Crippen LogP contribution in [0, 0.1) is 18.3 Å². The van der Waals surface area contributed by atoms with Gasteiger partial charge in [-0.3, -0.25) is 4.98 Å². The minimum atomic E-state index is -3.93. The van der Waals surface area contributed by atoms with Crippen LogP contribution in [0.15, 0.2) is 47.6 Å². The van der Waals surface area contributed by atoms with Gasteiger partial charge in [0, 0.05) is 31.7 Å². The summed E-state index contributed by atoms with van der Waals surface area (Å²) in [4.78, 5) is 6.12. The third-order valence-electron chi connectivity index (χ3n) is 4.87. The molecular weight excluding hydrogens is 352 g/mol. The second-order valence-corrected chi connectivity index (χ2v) is 8.28. The lowest BCUT2D eigenvalue weighted by atomic mass is 10.2. The first-order chi connectivity index (χ1) is 12.4. The summed E-state index contributed by atoms with van der Waals surface area (Å²) in [5.41, 5.74) is 1.08. The number of hydrogen-bond donors (Lipinski definition) is 1. The Labute approximate surface area is 152 Å². The van der Waals surface area contributed by atoms with Gasteiger partial charge < -0.3 is 10.2 Å². The van der Waals surface area contributed by atoms with E-state index in [9.17, 15) is 8.42 Å². The number of hydrogen-bond acceptors (Lipinski definition) is 7. The van der Waals surface area contributed by atoms with E-state index in [2.05, 4.69) is 16.4 Å². The number of aromatic nitrogens is 1. The molecule has 2 bridgehead atoms. The van der Waals surface area contributed by atoms with E-state index in [1.54, 1.807) is 36.5 Å². The van der Waals surface area contributed by atoms with Crippen LogP contribution >= 0.6 is 0 Å². The number of piperazine rings is 1. The van der Waals surface area contributed by atoms with E-state index in [4.69, 9.17) is 9.44 Å². The van der Waals surface area contributed by atoms with E-state index in [1.165, 1.54) is 6.20 Å². The van der Waals surface area contributed by atoms with Gasteiger partial charge in [-0.25, -0.2) is 4.18 Å². The van der Waals surface area contributed by atoms with E-state index in [1.807, 2.05) is 11.8 Å². The van der Waals surface area contributed by atoms with Crippen LogP contribution in [0.4, 0.5) is 5.69 Å². The van der Waals surface area contributed by atoms with Gasteiger partial charge in [0.1, 0.15) is 6.07 Å². The summed E-state index contributed by atoms with van der Waals surface area (Å²) in [6, 6.07) is 10.5. The fraction of sp³-hybridized carbons (Fsp3) is 0.333. The van der Waals surface area contributed by atoms with Crippen molar-refractivity contribution in [3.63, 3.8) is 0 Å². The quantitative estimate of drug-likeness (QED) is 0.816. The molecule has 7 nitrogen and oxygen atoms in total. The molecule has 2 fully saturated rings. The maximum atomic E-state index is 12.8. The van der Waals surface area contributed by atoms with Crippen LogP contribution in [0.5, 0.6) is 0 Å². The number of nitriles is 1. The van der Waals surface area contributed by atoms with Crippen molar-refractivity contribution in [2.24, 2.45) is 0 Å². The van der Waals surface area contributed by atoms with Crippen molar-refractivity contribution in [1.29, 1.82) is 5.26 Å². The van der Waals surface area contributed by atoms with Gasteiger partial charge in [-0.1, -0.05) is 17.7 Å². The van der Waals surface area contributed by atoms with Crippen LogP contribution in [0.3, 0.4) is 0 Å². The molecule has 0 saturated carbocycles. The van der Waals surface area contributed by atoms with Crippen LogP contribution in [0.25, 0.3) is 0 Å². The maximum Gasteiger partial charge on any atom is 0.299 e. The number of aryl methyl sites for hydroxylation is 1. The Balaban J connectivity index is 1.69. The van der Waals surface area contributed by atoms with Crippen molar-refractivity contribution in [2.75, 3.05) is 18.0 Å². The fourth-order valence-electron chi connectivity index (χ4n) is 3.60. The van der Waals surface area contributed by atoms with Crippen molar-refractivity contribution in [3.8, 4) is 6.07 Å². The summed E-state index contributed by atoms with van der Waals surface area (Å²) in [5, 5.41) is 12.4. The number of nitrogens with zero attached hydrogens (tertiary/aromatic N) is 3. The van der Waals surface area contributed by atoms with Crippen molar-refractivity contribution < 1.29 is 12.6 Å². The van der Waals surface area contributed by atoms with Crippen molar-refractivity contribution in [2.45, 2.75) is 30.0 Å². The second kappa shape index (κ2) is 6.06. The SMILES string of the molecule is Cc1ccc(S(=O)(=O)O[C@@]23CN[C@H](CN2c2cncc(C#N)c2)C3)cc1. The molecule has 0 aliphatic carbocycles. The molecular formula is C18H18N4O3S. The third-order valence-corrected chi connectivity index (χ3v) is 6.25. The van der Waals surface area contributed by atoms with E-state index in [-0.39, 0.29) is 10.9 Å². The topological polar surface area (TPSA) is 95.3 Å². The molecule has 2 aliphatic rings. The summed E-state index contributed by atoms with van der Waals surface area (Å²) >= 11 is 0. The van der Waals surface area contributed by atoms with E-state index in [0.29, 0.717) is 30.8 Å². The molecule has 2 aliphatic heterocycles. The zero-order valence-corrected chi connectivity index (χ0v) is 15.0. The van der Waals surface area contributed by atoms with Gasteiger partial charge in [0.05, 0.1) is 22.3 Å².